The monoisotopic (exact) mass is 309 g/mol. The van der Waals surface area contributed by atoms with Gasteiger partial charge in [0.05, 0.1) is 6.61 Å². The van der Waals surface area contributed by atoms with Gasteiger partial charge in [-0.3, -0.25) is 0 Å². The second-order valence-electron chi connectivity index (χ2n) is 5.52. The highest BCUT2D eigenvalue weighted by molar-refractivity contribution is 9.10. The molecular formula is C15H20BrNO. The number of benzene rings is 1. The minimum atomic E-state index is 0.647. The smallest absolute Gasteiger partial charge is 0.120 e. The molecule has 1 N–H and O–H groups in total. The third-order valence-corrected chi connectivity index (χ3v) is 4.59. The second-order valence-corrected chi connectivity index (χ2v) is 6.43. The first kappa shape index (κ1) is 12.5. The number of rotatable bonds is 4. The van der Waals surface area contributed by atoms with Crippen molar-refractivity contribution in [3.63, 3.8) is 0 Å². The van der Waals surface area contributed by atoms with Gasteiger partial charge in [0.25, 0.3) is 0 Å². The van der Waals surface area contributed by atoms with Crippen molar-refractivity contribution in [1.29, 1.82) is 0 Å². The minimum Gasteiger partial charge on any atom is -0.493 e. The first-order chi connectivity index (χ1) is 8.81. The third kappa shape index (κ3) is 2.89. The summed E-state index contributed by atoms with van der Waals surface area (Å²) >= 11 is 3.60. The number of hydrogen-bond acceptors (Lipinski definition) is 2. The van der Waals surface area contributed by atoms with E-state index in [9.17, 15) is 0 Å². The van der Waals surface area contributed by atoms with Crippen molar-refractivity contribution >= 4 is 15.9 Å². The lowest BCUT2D eigenvalue weighted by molar-refractivity contribution is 0.180. The van der Waals surface area contributed by atoms with Crippen LogP contribution >= 0.6 is 15.9 Å². The maximum absolute atomic E-state index is 5.94. The van der Waals surface area contributed by atoms with Crippen molar-refractivity contribution in [3.8, 4) is 5.75 Å². The zero-order valence-electron chi connectivity index (χ0n) is 10.6. The highest BCUT2D eigenvalue weighted by atomic mass is 79.9. The number of nitrogens with one attached hydrogen (secondary N) is 1. The summed E-state index contributed by atoms with van der Waals surface area (Å²) in [5.74, 6) is 2.47. The van der Waals surface area contributed by atoms with Crippen LogP contribution in [0.5, 0.6) is 5.75 Å². The molecule has 2 fully saturated rings. The van der Waals surface area contributed by atoms with Gasteiger partial charge < -0.3 is 10.1 Å². The Morgan fingerprint density at radius 2 is 2.11 bits per heavy atom. The van der Waals surface area contributed by atoms with E-state index < -0.39 is 0 Å². The molecule has 0 aromatic heterocycles. The fraction of sp³-hybridized carbons (Fsp3) is 0.600. The van der Waals surface area contributed by atoms with Gasteiger partial charge in [0.15, 0.2) is 0 Å². The van der Waals surface area contributed by atoms with Crippen molar-refractivity contribution in [2.45, 2.75) is 31.6 Å². The molecule has 1 aromatic rings. The first-order valence-corrected chi connectivity index (χ1v) is 7.74. The Kier molecular flexibility index (Phi) is 3.90. The molecule has 3 heteroatoms. The summed E-state index contributed by atoms with van der Waals surface area (Å²) in [4.78, 5) is 0. The lowest BCUT2D eigenvalue weighted by atomic mass is 9.86. The van der Waals surface area contributed by atoms with Gasteiger partial charge in [-0.1, -0.05) is 22.4 Å². The molecule has 18 heavy (non-hydrogen) atoms. The predicted molar refractivity (Wildman–Crippen MR) is 77.2 cm³/mol. The topological polar surface area (TPSA) is 21.3 Å². The molecule has 1 aliphatic heterocycles. The van der Waals surface area contributed by atoms with E-state index in [1.165, 1.54) is 31.2 Å². The Morgan fingerprint density at radius 1 is 1.22 bits per heavy atom. The first-order valence-electron chi connectivity index (χ1n) is 6.95. The Balaban J connectivity index is 1.68. The summed E-state index contributed by atoms with van der Waals surface area (Å²) in [6.07, 6.45) is 5.30. The van der Waals surface area contributed by atoms with Gasteiger partial charge in [0.1, 0.15) is 5.75 Å². The van der Waals surface area contributed by atoms with Crippen LogP contribution in [0.2, 0.25) is 0 Å². The molecule has 0 radical (unpaired) electrons. The fourth-order valence-electron chi connectivity index (χ4n) is 2.72. The maximum atomic E-state index is 5.94. The van der Waals surface area contributed by atoms with Crippen LogP contribution in [0.15, 0.2) is 22.7 Å². The third-order valence-electron chi connectivity index (χ3n) is 4.14. The van der Waals surface area contributed by atoms with Crippen molar-refractivity contribution in [2.75, 3.05) is 19.7 Å². The summed E-state index contributed by atoms with van der Waals surface area (Å²) in [6, 6.07) is 6.54. The summed E-state index contributed by atoms with van der Waals surface area (Å²) < 4.78 is 7.08. The predicted octanol–water partition coefficient (Wildman–Crippen LogP) is 3.70. The van der Waals surface area contributed by atoms with Gasteiger partial charge in [0, 0.05) is 11.0 Å². The van der Waals surface area contributed by atoms with Gasteiger partial charge in [-0.05, 0) is 61.4 Å². The Bertz CT molecular complexity index is 411. The average molecular weight is 310 g/mol. The van der Waals surface area contributed by atoms with Crippen molar-refractivity contribution < 1.29 is 4.74 Å². The summed E-state index contributed by atoms with van der Waals surface area (Å²) in [5, 5.41) is 3.42. The molecule has 2 nitrogen and oxygen atoms in total. The molecule has 0 amide bonds. The van der Waals surface area contributed by atoms with Crippen molar-refractivity contribution in [2.24, 2.45) is 5.92 Å². The molecule has 0 bridgehead atoms. The fourth-order valence-corrected chi connectivity index (χ4v) is 3.21. The average Bonchev–Trinajstić information content (AvgIpc) is 2.79. The Morgan fingerprint density at radius 3 is 2.78 bits per heavy atom. The Labute approximate surface area is 117 Å². The van der Waals surface area contributed by atoms with Gasteiger partial charge in [-0.25, -0.2) is 0 Å². The molecule has 1 unspecified atom stereocenters. The quantitative estimate of drug-likeness (QED) is 0.915. The minimum absolute atomic E-state index is 0.647. The van der Waals surface area contributed by atoms with E-state index in [2.05, 4.69) is 39.4 Å². The Hall–Kier alpha value is -0.540. The van der Waals surface area contributed by atoms with Crippen LogP contribution in [0, 0.1) is 5.92 Å². The molecule has 3 rings (SSSR count). The maximum Gasteiger partial charge on any atom is 0.120 e. The molecule has 1 atom stereocenters. The van der Waals surface area contributed by atoms with Gasteiger partial charge >= 0.3 is 0 Å². The summed E-state index contributed by atoms with van der Waals surface area (Å²) in [7, 11) is 0. The molecule has 1 saturated heterocycles. The van der Waals surface area contributed by atoms with E-state index in [1.807, 2.05) is 0 Å². The van der Waals surface area contributed by atoms with Crippen molar-refractivity contribution in [1.82, 2.24) is 5.32 Å². The zero-order chi connectivity index (χ0) is 12.4. The van der Waals surface area contributed by atoms with E-state index in [1.54, 1.807) is 0 Å². The molecule has 1 aromatic carbocycles. The summed E-state index contributed by atoms with van der Waals surface area (Å²) in [5.41, 5.74) is 1.40. The van der Waals surface area contributed by atoms with Gasteiger partial charge in [-0.15, -0.1) is 0 Å². The van der Waals surface area contributed by atoms with Gasteiger partial charge in [0.2, 0.25) is 0 Å². The van der Waals surface area contributed by atoms with E-state index >= 15 is 0 Å². The van der Waals surface area contributed by atoms with Crippen LogP contribution in [-0.2, 0) is 0 Å². The number of halogens is 1. The molecular weight excluding hydrogens is 290 g/mol. The summed E-state index contributed by atoms with van der Waals surface area (Å²) in [6.45, 7) is 3.12. The number of hydrogen-bond donors (Lipinski definition) is 1. The molecule has 0 spiro atoms. The zero-order valence-corrected chi connectivity index (χ0v) is 12.2. The highest BCUT2D eigenvalue weighted by Gasteiger charge is 2.20. The molecule has 2 aliphatic rings. The highest BCUT2D eigenvalue weighted by Crippen LogP contribution is 2.31. The molecule has 98 valence electrons. The van der Waals surface area contributed by atoms with E-state index in [0.717, 1.165) is 35.8 Å². The lowest BCUT2D eigenvalue weighted by Crippen LogP contribution is -2.19. The van der Waals surface area contributed by atoms with Crippen LogP contribution in [0.25, 0.3) is 0 Å². The van der Waals surface area contributed by atoms with E-state index in [0.29, 0.717) is 5.92 Å². The van der Waals surface area contributed by atoms with Crippen LogP contribution in [0.4, 0.5) is 0 Å². The largest absolute Gasteiger partial charge is 0.493 e. The second kappa shape index (κ2) is 5.62. The van der Waals surface area contributed by atoms with Gasteiger partial charge in [-0.2, -0.15) is 0 Å². The van der Waals surface area contributed by atoms with Crippen molar-refractivity contribution in [3.05, 3.63) is 28.2 Å². The molecule has 1 aliphatic carbocycles. The molecule has 1 heterocycles. The lowest BCUT2D eigenvalue weighted by Gasteiger charge is -2.25. The normalized spacial score (nSPS) is 23.9. The number of ether oxygens (including phenoxy) is 1. The molecule has 1 saturated carbocycles. The van der Waals surface area contributed by atoms with Crippen LogP contribution < -0.4 is 10.1 Å². The van der Waals surface area contributed by atoms with Crippen LogP contribution in [0.1, 0.15) is 37.2 Å². The van der Waals surface area contributed by atoms with E-state index in [-0.39, 0.29) is 0 Å². The van der Waals surface area contributed by atoms with E-state index in [4.69, 9.17) is 4.74 Å². The van der Waals surface area contributed by atoms with Crippen LogP contribution in [-0.4, -0.2) is 19.7 Å². The van der Waals surface area contributed by atoms with Crippen LogP contribution in [0.3, 0.4) is 0 Å². The standard InChI is InChI=1S/C15H20BrNO/c16-14-6-13(12-4-5-17-9-12)7-15(8-14)18-10-11-2-1-3-11/h6-8,11-12,17H,1-5,9-10H2. The SMILES string of the molecule is Brc1cc(OCC2CCC2)cc(C2CCNC2)c1.